The van der Waals surface area contributed by atoms with Gasteiger partial charge in [-0.3, -0.25) is 4.79 Å². The van der Waals surface area contributed by atoms with Gasteiger partial charge in [0.2, 0.25) is 11.7 Å². The van der Waals surface area contributed by atoms with Gasteiger partial charge < -0.3 is 23.8 Å². The number of nitrogens with zero attached hydrogens (tertiary/aromatic N) is 1. The molecule has 0 unspecified atom stereocenters. The molecule has 3 rings (SSSR count). The zero-order valence-electron chi connectivity index (χ0n) is 17.6. The van der Waals surface area contributed by atoms with Crippen molar-refractivity contribution in [2.24, 2.45) is 0 Å². The van der Waals surface area contributed by atoms with Gasteiger partial charge >= 0.3 is 0 Å². The second-order valence-electron chi connectivity index (χ2n) is 7.13. The highest BCUT2D eigenvalue weighted by atomic mass is 16.5. The highest BCUT2D eigenvalue weighted by Gasteiger charge is 2.32. The summed E-state index contributed by atoms with van der Waals surface area (Å²) in [6.45, 7) is 0.665. The Kier molecular flexibility index (Phi) is 6.86. The fourth-order valence-electron chi connectivity index (χ4n) is 3.45. The molecular formula is C23H29NO5. The fourth-order valence-corrected chi connectivity index (χ4v) is 3.45. The van der Waals surface area contributed by atoms with E-state index in [4.69, 9.17) is 18.9 Å². The van der Waals surface area contributed by atoms with Gasteiger partial charge in [-0.25, -0.2) is 0 Å². The van der Waals surface area contributed by atoms with Crippen LogP contribution in [-0.4, -0.2) is 51.8 Å². The van der Waals surface area contributed by atoms with Crippen LogP contribution in [0.5, 0.6) is 23.0 Å². The number of ether oxygens (including phenoxy) is 4. The zero-order valence-corrected chi connectivity index (χ0v) is 17.6. The molecule has 0 aliphatic heterocycles. The van der Waals surface area contributed by atoms with Crippen molar-refractivity contribution < 1.29 is 23.7 Å². The van der Waals surface area contributed by atoms with E-state index in [0.29, 0.717) is 36.3 Å². The van der Waals surface area contributed by atoms with E-state index < -0.39 is 0 Å². The maximum Gasteiger partial charge on any atom is 0.227 e. The second-order valence-corrected chi connectivity index (χ2v) is 7.13. The molecule has 0 heterocycles. The van der Waals surface area contributed by atoms with Gasteiger partial charge in [0.15, 0.2) is 11.5 Å². The Balaban J connectivity index is 1.68. The minimum atomic E-state index is 0.158. The summed E-state index contributed by atoms with van der Waals surface area (Å²) in [6.07, 6.45) is 3.27. The van der Waals surface area contributed by atoms with Crippen molar-refractivity contribution in [3.05, 3.63) is 47.5 Å². The van der Waals surface area contributed by atoms with Gasteiger partial charge in [-0.15, -0.1) is 0 Å². The van der Waals surface area contributed by atoms with Crippen LogP contribution in [0.2, 0.25) is 0 Å². The Morgan fingerprint density at radius 3 is 2.00 bits per heavy atom. The van der Waals surface area contributed by atoms with E-state index >= 15 is 0 Å². The number of rotatable bonds is 10. The largest absolute Gasteiger partial charge is 0.497 e. The molecule has 0 saturated heterocycles. The monoisotopic (exact) mass is 399 g/mol. The third-order valence-electron chi connectivity index (χ3n) is 5.19. The molecule has 0 N–H and O–H groups in total. The lowest BCUT2D eigenvalue weighted by atomic mass is 10.1. The average molecular weight is 399 g/mol. The van der Waals surface area contributed by atoms with Crippen molar-refractivity contribution in [1.82, 2.24) is 4.90 Å². The molecule has 1 aliphatic rings. The van der Waals surface area contributed by atoms with Gasteiger partial charge in [0.25, 0.3) is 0 Å². The summed E-state index contributed by atoms with van der Waals surface area (Å²) in [5, 5.41) is 0. The van der Waals surface area contributed by atoms with Crippen LogP contribution in [0.15, 0.2) is 36.4 Å². The molecule has 29 heavy (non-hydrogen) atoms. The van der Waals surface area contributed by atoms with E-state index in [0.717, 1.165) is 36.1 Å². The standard InChI is InChI=1S/C23H29NO5/c1-26-19-9-5-16(6-10-19)15-22(25)24(18-7-8-18)12-11-17-13-20(27-2)23(29-4)21(14-17)28-3/h5-6,9-10,13-14,18H,7-8,11-12,15H2,1-4H3. The summed E-state index contributed by atoms with van der Waals surface area (Å²) in [6, 6.07) is 11.9. The lowest BCUT2D eigenvalue weighted by Gasteiger charge is -2.23. The minimum Gasteiger partial charge on any atom is -0.497 e. The second kappa shape index (κ2) is 9.54. The lowest BCUT2D eigenvalue weighted by Crippen LogP contribution is -2.36. The van der Waals surface area contributed by atoms with Crippen LogP contribution < -0.4 is 18.9 Å². The van der Waals surface area contributed by atoms with E-state index in [2.05, 4.69) is 0 Å². The van der Waals surface area contributed by atoms with Crippen LogP contribution >= 0.6 is 0 Å². The summed E-state index contributed by atoms with van der Waals surface area (Å²) in [5.41, 5.74) is 2.04. The molecule has 6 nitrogen and oxygen atoms in total. The average Bonchev–Trinajstić information content (AvgIpc) is 3.58. The number of carbonyl (C=O) groups is 1. The third kappa shape index (κ3) is 5.13. The number of hydrogen-bond donors (Lipinski definition) is 0. The number of methoxy groups -OCH3 is 4. The SMILES string of the molecule is COc1ccc(CC(=O)N(CCc2cc(OC)c(OC)c(OC)c2)C2CC2)cc1. The number of hydrogen-bond acceptors (Lipinski definition) is 5. The van der Waals surface area contributed by atoms with Crippen LogP contribution in [0, 0.1) is 0 Å². The molecule has 2 aromatic rings. The predicted octanol–water partition coefficient (Wildman–Crippen LogP) is 3.50. The number of benzene rings is 2. The Labute approximate surface area is 172 Å². The molecule has 0 atom stereocenters. The first-order valence-electron chi connectivity index (χ1n) is 9.80. The first-order valence-corrected chi connectivity index (χ1v) is 9.80. The molecule has 156 valence electrons. The summed E-state index contributed by atoms with van der Waals surface area (Å²) in [4.78, 5) is 14.9. The Morgan fingerprint density at radius 2 is 1.52 bits per heavy atom. The maximum absolute atomic E-state index is 12.9. The van der Waals surface area contributed by atoms with Gasteiger partial charge in [0.1, 0.15) is 5.75 Å². The molecular weight excluding hydrogens is 370 g/mol. The van der Waals surface area contributed by atoms with Gasteiger partial charge in [-0.2, -0.15) is 0 Å². The molecule has 6 heteroatoms. The van der Waals surface area contributed by atoms with Crippen LogP contribution in [0.3, 0.4) is 0 Å². The van der Waals surface area contributed by atoms with E-state index in [-0.39, 0.29) is 5.91 Å². The van der Waals surface area contributed by atoms with Gasteiger partial charge in [-0.05, 0) is 54.7 Å². The molecule has 1 saturated carbocycles. The molecule has 0 spiro atoms. The molecule has 1 aliphatic carbocycles. The van der Waals surface area contributed by atoms with E-state index in [1.807, 2.05) is 41.3 Å². The first-order chi connectivity index (χ1) is 14.1. The maximum atomic E-state index is 12.9. The normalized spacial score (nSPS) is 13.0. The Morgan fingerprint density at radius 1 is 0.897 bits per heavy atom. The fraction of sp³-hybridized carbons (Fsp3) is 0.435. The molecule has 2 aromatic carbocycles. The minimum absolute atomic E-state index is 0.158. The van der Waals surface area contributed by atoms with E-state index in [1.54, 1.807) is 28.4 Å². The van der Waals surface area contributed by atoms with Crippen molar-refractivity contribution in [3.63, 3.8) is 0 Å². The number of carbonyl (C=O) groups excluding carboxylic acids is 1. The molecule has 1 amide bonds. The van der Waals surface area contributed by atoms with E-state index in [9.17, 15) is 4.79 Å². The molecule has 1 fully saturated rings. The van der Waals surface area contributed by atoms with Crippen molar-refractivity contribution >= 4 is 5.91 Å². The Bertz CT molecular complexity index is 805. The lowest BCUT2D eigenvalue weighted by molar-refractivity contribution is -0.131. The van der Waals surface area contributed by atoms with Crippen molar-refractivity contribution in [2.45, 2.75) is 31.7 Å². The van der Waals surface area contributed by atoms with Crippen molar-refractivity contribution in [3.8, 4) is 23.0 Å². The van der Waals surface area contributed by atoms with Crippen LogP contribution in [0.1, 0.15) is 24.0 Å². The molecule has 0 radical (unpaired) electrons. The highest BCUT2D eigenvalue weighted by molar-refractivity contribution is 5.79. The zero-order chi connectivity index (χ0) is 20.8. The molecule has 0 aromatic heterocycles. The first kappa shape index (κ1) is 20.8. The van der Waals surface area contributed by atoms with Crippen LogP contribution in [-0.2, 0) is 17.6 Å². The molecule has 0 bridgehead atoms. The quantitative estimate of drug-likeness (QED) is 0.612. The van der Waals surface area contributed by atoms with Crippen molar-refractivity contribution in [1.29, 1.82) is 0 Å². The number of amides is 1. The summed E-state index contributed by atoms with van der Waals surface area (Å²) >= 11 is 0. The third-order valence-corrected chi connectivity index (χ3v) is 5.19. The summed E-state index contributed by atoms with van der Waals surface area (Å²) < 4.78 is 21.4. The Hall–Kier alpha value is -2.89. The van der Waals surface area contributed by atoms with Crippen molar-refractivity contribution in [2.75, 3.05) is 35.0 Å². The predicted molar refractivity (Wildman–Crippen MR) is 111 cm³/mol. The smallest absolute Gasteiger partial charge is 0.227 e. The van der Waals surface area contributed by atoms with Gasteiger partial charge in [-0.1, -0.05) is 12.1 Å². The topological polar surface area (TPSA) is 57.2 Å². The van der Waals surface area contributed by atoms with Crippen LogP contribution in [0.25, 0.3) is 0 Å². The van der Waals surface area contributed by atoms with Gasteiger partial charge in [0, 0.05) is 12.6 Å². The van der Waals surface area contributed by atoms with Gasteiger partial charge in [0.05, 0.1) is 34.9 Å². The highest BCUT2D eigenvalue weighted by Crippen LogP contribution is 2.38. The van der Waals surface area contributed by atoms with Crippen LogP contribution in [0.4, 0.5) is 0 Å². The summed E-state index contributed by atoms with van der Waals surface area (Å²) in [7, 11) is 6.44. The van der Waals surface area contributed by atoms with E-state index in [1.165, 1.54) is 0 Å². The summed E-state index contributed by atoms with van der Waals surface area (Å²) in [5.74, 6) is 2.79.